The maximum atomic E-state index is 12.1. The van der Waals surface area contributed by atoms with Crippen molar-refractivity contribution >= 4 is 22.6 Å². The van der Waals surface area contributed by atoms with E-state index in [1.54, 1.807) is 13.8 Å². The minimum atomic E-state index is -0.520. The number of pyridine rings is 1. The van der Waals surface area contributed by atoms with Gasteiger partial charge in [0.2, 0.25) is 0 Å². The summed E-state index contributed by atoms with van der Waals surface area (Å²) in [6.45, 7) is 6.07. The number of anilines is 1. The first kappa shape index (κ1) is 15.3. The summed E-state index contributed by atoms with van der Waals surface area (Å²) in [6, 6.07) is 5.79. The van der Waals surface area contributed by atoms with Crippen LogP contribution in [0.2, 0.25) is 0 Å². The molecule has 0 spiro atoms. The van der Waals surface area contributed by atoms with E-state index in [1.807, 2.05) is 25.1 Å². The molecule has 0 fully saturated rings. The number of fused-ring (bicyclic) bond motifs is 1. The van der Waals surface area contributed by atoms with Gasteiger partial charge in [-0.05, 0) is 26.3 Å². The predicted molar refractivity (Wildman–Crippen MR) is 82.6 cm³/mol. The molecule has 5 nitrogen and oxygen atoms in total. The fourth-order valence-electron chi connectivity index (χ4n) is 2.17. The zero-order valence-corrected chi connectivity index (χ0v) is 12.5. The molecule has 0 aliphatic rings. The lowest BCUT2D eigenvalue weighted by atomic mass is 10.1. The van der Waals surface area contributed by atoms with Crippen LogP contribution in [0.5, 0.6) is 0 Å². The molecule has 1 heterocycles. The third-order valence-corrected chi connectivity index (χ3v) is 3.17. The van der Waals surface area contributed by atoms with Gasteiger partial charge in [0.25, 0.3) is 0 Å². The molecule has 0 aliphatic heterocycles. The number of hydrogen-bond acceptors (Lipinski definition) is 5. The molecule has 0 unspecified atom stereocenters. The van der Waals surface area contributed by atoms with Gasteiger partial charge >= 0.3 is 5.97 Å². The molecular formula is C16H20N2O3. The molecule has 1 atom stereocenters. The number of nitrogens with zero attached hydrogens (tertiary/aromatic N) is 1. The van der Waals surface area contributed by atoms with E-state index in [4.69, 9.17) is 4.74 Å². The van der Waals surface area contributed by atoms with Crippen LogP contribution in [0.25, 0.3) is 10.9 Å². The van der Waals surface area contributed by atoms with Crippen LogP contribution >= 0.6 is 0 Å². The second-order valence-electron chi connectivity index (χ2n) is 4.97. The summed E-state index contributed by atoms with van der Waals surface area (Å²) >= 11 is 0. The highest BCUT2D eigenvalue weighted by Crippen LogP contribution is 2.28. The van der Waals surface area contributed by atoms with Crippen LogP contribution in [0.15, 0.2) is 24.4 Å². The highest BCUT2D eigenvalue weighted by Gasteiger charge is 2.17. The molecule has 1 aromatic carbocycles. The first-order chi connectivity index (χ1) is 10.0. The number of benzene rings is 1. The number of hydrogen-bond donors (Lipinski definition) is 2. The average molecular weight is 288 g/mol. The molecule has 21 heavy (non-hydrogen) atoms. The van der Waals surface area contributed by atoms with Gasteiger partial charge in [-0.1, -0.05) is 18.2 Å². The fourth-order valence-corrected chi connectivity index (χ4v) is 2.17. The summed E-state index contributed by atoms with van der Waals surface area (Å²) < 4.78 is 5.07. The Kier molecular flexibility index (Phi) is 4.75. The molecule has 0 amide bonds. The van der Waals surface area contributed by atoms with Gasteiger partial charge in [-0.15, -0.1) is 0 Å². The number of aryl methyl sites for hydroxylation is 1. The highest BCUT2D eigenvalue weighted by atomic mass is 16.5. The molecule has 0 saturated carbocycles. The third kappa shape index (κ3) is 3.31. The monoisotopic (exact) mass is 288 g/mol. The SMILES string of the molecule is CCOC(=O)c1cnc2c(C)cccc2c1NC[C@H](C)O. The summed E-state index contributed by atoms with van der Waals surface area (Å²) in [5.41, 5.74) is 2.90. The lowest BCUT2D eigenvalue weighted by molar-refractivity contribution is 0.0527. The Morgan fingerprint density at radius 3 is 2.90 bits per heavy atom. The lowest BCUT2D eigenvalue weighted by Crippen LogP contribution is -2.18. The quantitative estimate of drug-likeness (QED) is 0.827. The van der Waals surface area contributed by atoms with Crippen molar-refractivity contribution in [2.75, 3.05) is 18.5 Å². The summed E-state index contributed by atoms with van der Waals surface area (Å²) in [5, 5.41) is 13.5. The van der Waals surface area contributed by atoms with Gasteiger partial charge in [0.15, 0.2) is 0 Å². The number of aliphatic hydroxyl groups is 1. The number of nitrogens with one attached hydrogen (secondary N) is 1. The number of rotatable bonds is 5. The second kappa shape index (κ2) is 6.54. The Bertz CT molecular complexity index is 653. The summed E-state index contributed by atoms with van der Waals surface area (Å²) in [6.07, 6.45) is 1.01. The smallest absolute Gasteiger partial charge is 0.341 e. The van der Waals surface area contributed by atoms with E-state index in [9.17, 15) is 9.90 Å². The van der Waals surface area contributed by atoms with Gasteiger partial charge in [-0.25, -0.2) is 4.79 Å². The van der Waals surface area contributed by atoms with E-state index in [0.717, 1.165) is 16.5 Å². The van der Waals surface area contributed by atoms with Crippen molar-refractivity contribution in [2.24, 2.45) is 0 Å². The van der Waals surface area contributed by atoms with Crippen LogP contribution < -0.4 is 5.32 Å². The van der Waals surface area contributed by atoms with Crippen LogP contribution in [0, 0.1) is 6.92 Å². The molecular weight excluding hydrogens is 268 g/mol. The van der Waals surface area contributed by atoms with Crippen LogP contribution in [-0.4, -0.2) is 35.3 Å². The maximum Gasteiger partial charge on any atom is 0.341 e. The molecule has 112 valence electrons. The molecule has 2 N–H and O–H groups in total. The van der Waals surface area contributed by atoms with Gasteiger partial charge in [0.1, 0.15) is 5.56 Å². The van der Waals surface area contributed by atoms with Crippen molar-refractivity contribution in [3.8, 4) is 0 Å². The molecule has 2 rings (SSSR count). The maximum absolute atomic E-state index is 12.1. The normalized spacial score (nSPS) is 12.2. The molecule has 0 radical (unpaired) electrons. The van der Waals surface area contributed by atoms with Gasteiger partial charge in [0, 0.05) is 18.1 Å². The molecule has 1 aromatic heterocycles. The Morgan fingerprint density at radius 2 is 2.24 bits per heavy atom. The van der Waals surface area contributed by atoms with Crippen molar-refractivity contribution in [2.45, 2.75) is 26.9 Å². The molecule has 0 bridgehead atoms. The minimum absolute atomic E-state index is 0.306. The molecule has 2 aromatic rings. The summed E-state index contributed by atoms with van der Waals surface area (Å²) in [7, 11) is 0. The van der Waals surface area contributed by atoms with Crippen molar-refractivity contribution in [3.05, 3.63) is 35.5 Å². The summed E-state index contributed by atoms with van der Waals surface area (Å²) in [5.74, 6) is -0.415. The Balaban J connectivity index is 2.56. The number of aliphatic hydroxyl groups excluding tert-OH is 1. The Hall–Kier alpha value is -2.14. The molecule has 0 saturated heterocycles. The molecule has 0 aliphatic carbocycles. The fraction of sp³-hybridized carbons (Fsp3) is 0.375. The van der Waals surface area contributed by atoms with E-state index < -0.39 is 12.1 Å². The van der Waals surface area contributed by atoms with Crippen molar-refractivity contribution in [1.82, 2.24) is 4.98 Å². The van der Waals surface area contributed by atoms with Crippen LogP contribution in [0.4, 0.5) is 5.69 Å². The third-order valence-electron chi connectivity index (χ3n) is 3.17. The first-order valence-corrected chi connectivity index (χ1v) is 7.02. The van der Waals surface area contributed by atoms with Gasteiger partial charge in [-0.3, -0.25) is 4.98 Å². The Labute approximate surface area is 124 Å². The topological polar surface area (TPSA) is 71.5 Å². The van der Waals surface area contributed by atoms with Gasteiger partial charge in [0.05, 0.1) is 23.9 Å². The number of aromatic nitrogens is 1. The largest absolute Gasteiger partial charge is 0.462 e. The van der Waals surface area contributed by atoms with E-state index in [0.29, 0.717) is 24.4 Å². The zero-order valence-electron chi connectivity index (χ0n) is 12.5. The van der Waals surface area contributed by atoms with Crippen molar-refractivity contribution in [3.63, 3.8) is 0 Å². The van der Waals surface area contributed by atoms with E-state index in [2.05, 4.69) is 10.3 Å². The highest BCUT2D eigenvalue weighted by molar-refractivity contribution is 6.05. The zero-order chi connectivity index (χ0) is 15.4. The van der Waals surface area contributed by atoms with Crippen molar-refractivity contribution in [1.29, 1.82) is 0 Å². The minimum Gasteiger partial charge on any atom is -0.462 e. The predicted octanol–water partition coefficient (Wildman–Crippen LogP) is 2.51. The van der Waals surface area contributed by atoms with Gasteiger partial charge in [-0.2, -0.15) is 0 Å². The Morgan fingerprint density at radius 1 is 1.48 bits per heavy atom. The number of esters is 1. The van der Waals surface area contributed by atoms with Crippen LogP contribution in [-0.2, 0) is 4.74 Å². The number of carbonyl (C=O) groups is 1. The van der Waals surface area contributed by atoms with Crippen molar-refractivity contribution < 1.29 is 14.6 Å². The number of carbonyl (C=O) groups excluding carboxylic acids is 1. The van der Waals surface area contributed by atoms with E-state index in [-0.39, 0.29) is 0 Å². The number of ether oxygens (including phenoxy) is 1. The van der Waals surface area contributed by atoms with Gasteiger partial charge < -0.3 is 15.2 Å². The average Bonchev–Trinajstić information content (AvgIpc) is 2.45. The molecule has 5 heteroatoms. The second-order valence-corrected chi connectivity index (χ2v) is 4.97. The first-order valence-electron chi connectivity index (χ1n) is 7.02. The van der Waals surface area contributed by atoms with E-state index in [1.165, 1.54) is 6.20 Å². The standard InChI is InChI=1S/C16H20N2O3/c1-4-21-16(20)13-9-18-14-10(2)6-5-7-12(14)15(13)17-8-11(3)19/h5-7,9,11,19H,4,8H2,1-3H3,(H,17,18)/t11-/m0/s1. The number of para-hydroxylation sites is 1. The lowest BCUT2D eigenvalue weighted by Gasteiger charge is -2.15. The van der Waals surface area contributed by atoms with Crippen LogP contribution in [0.3, 0.4) is 0 Å². The summed E-state index contributed by atoms with van der Waals surface area (Å²) in [4.78, 5) is 16.4. The van der Waals surface area contributed by atoms with Crippen LogP contribution in [0.1, 0.15) is 29.8 Å². The van der Waals surface area contributed by atoms with E-state index >= 15 is 0 Å².